The maximum absolute atomic E-state index is 12.9. The third kappa shape index (κ3) is 3.61. The van der Waals surface area contributed by atoms with Crippen LogP contribution in [-0.4, -0.2) is 40.1 Å². The minimum Gasteiger partial charge on any atom is -0.299 e. The highest BCUT2D eigenvalue weighted by Crippen LogP contribution is 2.30. The number of fused-ring (bicyclic) bond motifs is 1. The van der Waals surface area contributed by atoms with Crippen LogP contribution >= 0.6 is 0 Å². The molecule has 1 atom stereocenters. The maximum Gasteiger partial charge on any atom is 0.262 e. The van der Waals surface area contributed by atoms with E-state index in [0.29, 0.717) is 12.0 Å². The van der Waals surface area contributed by atoms with Crippen LogP contribution in [-0.2, 0) is 16.0 Å². The number of benzene rings is 2. The normalized spacial score (nSPS) is 18.7. The Morgan fingerprint density at radius 2 is 1.67 bits per heavy atom. The highest BCUT2D eigenvalue weighted by molar-refractivity contribution is 6.23. The zero-order valence-corrected chi connectivity index (χ0v) is 16.6. The van der Waals surface area contributed by atoms with Crippen molar-refractivity contribution in [1.82, 2.24) is 4.90 Å². The van der Waals surface area contributed by atoms with Gasteiger partial charge in [-0.15, -0.1) is 0 Å². The lowest BCUT2D eigenvalue weighted by atomic mass is 9.92. The third-order valence-electron chi connectivity index (χ3n) is 5.75. The van der Waals surface area contributed by atoms with E-state index in [1.54, 1.807) is 30.3 Å². The van der Waals surface area contributed by atoms with Crippen molar-refractivity contribution < 1.29 is 24.0 Å². The summed E-state index contributed by atoms with van der Waals surface area (Å²) in [6.07, 6.45) is 0.872. The fraction of sp³-hybridized carbons (Fsp3) is 0.292. The van der Waals surface area contributed by atoms with Crippen molar-refractivity contribution in [3.8, 4) is 0 Å². The molecular weight excluding hydrogens is 382 g/mol. The number of aryl methyl sites for hydroxylation is 2. The van der Waals surface area contributed by atoms with Gasteiger partial charge in [0, 0.05) is 18.4 Å². The van der Waals surface area contributed by atoms with E-state index in [9.17, 15) is 24.0 Å². The highest BCUT2D eigenvalue weighted by Gasteiger charge is 2.44. The number of carbonyl (C=O) groups is 5. The molecule has 2 aliphatic rings. The van der Waals surface area contributed by atoms with Crippen LogP contribution in [0.4, 0.5) is 0 Å². The van der Waals surface area contributed by atoms with Crippen molar-refractivity contribution in [2.24, 2.45) is 0 Å². The van der Waals surface area contributed by atoms with E-state index in [0.717, 1.165) is 16.0 Å². The van der Waals surface area contributed by atoms with Gasteiger partial charge >= 0.3 is 0 Å². The van der Waals surface area contributed by atoms with Crippen LogP contribution in [0.5, 0.6) is 0 Å². The van der Waals surface area contributed by atoms with Gasteiger partial charge in [0.15, 0.2) is 11.6 Å². The van der Waals surface area contributed by atoms with Gasteiger partial charge in [0.25, 0.3) is 11.8 Å². The molecule has 152 valence electrons. The lowest BCUT2D eigenvalue weighted by Gasteiger charge is -2.27. The predicted octanol–water partition coefficient (Wildman–Crippen LogP) is 3.10. The summed E-state index contributed by atoms with van der Waals surface area (Å²) in [5.74, 6) is -1.53. The number of ketones is 3. The fourth-order valence-corrected chi connectivity index (χ4v) is 4.02. The largest absolute Gasteiger partial charge is 0.299 e. The van der Waals surface area contributed by atoms with E-state index < -0.39 is 17.9 Å². The Hall–Kier alpha value is -3.41. The van der Waals surface area contributed by atoms with Crippen molar-refractivity contribution in [3.63, 3.8) is 0 Å². The first-order chi connectivity index (χ1) is 14.3. The molecule has 1 aliphatic heterocycles. The molecule has 0 N–H and O–H groups in total. The van der Waals surface area contributed by atoms with Crippen LogP contribution in [0, 0.1) is 6.92 Å². The minimum absolute atomic E-state index is 0.0111. The summed E-state index contributed by atoms with van der Waals surface area (Å²) in [5, 5.41) is 0. The smallest absolute Gasteiger partial charge is 0.262 e. The number of amides is 2. The Morgan fingerprint density at radius 3 is 2.37 bits per heavy atom. The monoisotopic (exact) mass is 403 g/mol. The lowest BCUT2D eigenvalue weighted by molar-refractivity contribution is -0.132. The van der Waals surface area contributed by atoms with E-state index in [4.69, 9.17) is 0 Å². The molecule has 1 heterocycles. The summed E-state index contributed by atoms with van der Waals surface area (Å²) in [6, 6.07) is 11.5. The molecule has 2 aromatic carbocycles. The summed E-state index contributed by atoms with van der Waals surface area (Å²) in [7, 11) is 0. The van der Waals surface area contributed by atoms with Crippen molar-refractivity contribution in [1.29, 1.82) is 0 Å². The van der Waals surface area contributed by atoms with Gasteiger partial charge in [0.05, 0.1) is 23.6 Å². The van der Waals surface area contributed by atoms with Crippen LogP contribution in [0.2, 0.25) is 0 Å². The molecule has 0 bridgehead atoms. The van der Waals surface area contributed by atoms with Gasteiger partial charge in [-0.05, 0) is 37.5 Å². The lowest BCUT2D eigenvalue weighted by Crippen LogP contribution is -2.47. The Labute approximate surface area is 173 Å². The van der Waals surface area contributed by atoms with Crippen LogP contribution in [0.1, 0.15) is 67.9 Å². The van der Waals surface area contributed by atoms with Crippen LogP contribution in [0.25, 0.3) is 0 Å². The zero-order valence-electron chi connectivity index (χ0n) is 16.6. The van der Waals surface area contributed by atoms with E-state index >= 15 is 0 Å². The second-order valence-electron chi connectivity index (χ2n) is 7.89. The maximum atomic E-state index is 12.9. The molecule has 6 nitrogen and oxygen atoms in total. The van der Waals surface area contributed by atoms with Gasteiger partial charge in [0.2, 0.25) is 0 Å². The summed E-state index contributed by atoms with van der Waals surface area (Å²) in [5.41, 5.74) is 3.02. The van der Waals surface area contributed by atoms with E-state index in [1.807, 2.05) is 19.1 Å². The number of hydrogen-bond acceptors (Lipinski definition) is 5. The first kappa shape index (κ1) is 19.9. The standard InChI is InChI=1S/C24H21NO5/c1-14-2-6-16(7-3-14)21(27)11-5-15-4-9-18-19(12-15)24(30)25(23(18)29)20-10-8-17(26)13-22(20)28/h2-4,6-7,9,12,20H,5,8,10-11,13H2,1H3. The van der Waals surface area contributed by atoms with Crippen molar-refractivity contribution in [2.45, 2.75) is 45.1 Å². The average molecular weight is 403 g/mol. The Morgan fingerprint density at radius 1 is 0.967 bits per heavy atom. The molecular formula is C24H21NO5. The fourth-order valence-electron chi connectivity index (χ4n) is 4.02. The molecule has 6 heteroatoms. The molecule has 1 fully saturated rings. The number of Topliss-reactive ketones (excluding diaryl/α,β-unsaturated/α-hetero) is 3. The number of nitrogens with zero attached hydrogens (tertiary/aromatic N) is 1. The second kappa shape index (κ2) is 7.78. The molecule has 0 aromatic heterocycles. The molecule has 0 spiro atoms. The first-order valence-electron chi connectivity index (χ1n) is 10.0. The van der Waals surface area contributed by atoms with Gasteiger partial charge in [-0.3, -0.25) is 28.9 Å². The number of imide groups is 1. The summed E-state index contributed by atoms with van der Waals surface area (Å²) in [6.45, 7) is 1.96. The third-order valence-corrected chi connectivity index (χ3v) is 5.75. The van der Waals surface area contributed by atoms with Gasteiger partial charge in [-0.25, -0.2) is 0 Å². The van der Waals surface area contributed by atoms with Gasteiger partial charge in [-0.1, -0.05) is 35.9 Å². The van der Waals surface area contributed by atoms with E-state index in [1.165, 1.54) is 0 Å². The van der Waals surface area contributed by atoms with Gasteiger partial charge in [-0.2, -0.15) is 0 Å². The van der Waals surface area contributed by atoms with Crippen LogP contribution in [0.15, 0.2) is 42.5 Å². The van der Waals surface area contributed by atoms with Gasteiger partial charge in [0.1, 0.15) is 5.78 Å². The molecule has 2 amide bonds. The van der Waals surface area contributed by atoms with Crippen LogP contribution in [0.3, 0.4) is 0 Å². The summed E-state index contributed by atoms with van der Waals surface area (Å²) < 4.78 is 0. The van der Waals surface area contributed by atoms with Crippen molar-refractivity contribution in [2.75, 3.05) is 0 Å². The van der Waals surface area contributed by atoms with Crippen molar-refractivity contribution >= 4 is 29.2 Å². The Kier molecular flexibility index (Phi) is 5.16. The summed E-state index contributed by atoms with van der Waals surface area (Å²) >= 11 is 0. The zero-order chi connectivity index (χ0) is 21.4. The number of hydrogen-bond donors (Lipinski definition) is 0. The first-order valence-corrected chi connectivity index (χ1v) is 10.0. The Bertz CT molecular complexity index is 1080. The highest BCUT2D eigenvalue weighted by atomic mass is 16.2. The van der Waals surface area contributed by atoms with Crippen molar-refractivity contribution in [3.05, 3.63) is 70.3 Å². The Balaban J connectivity index is 1.49. The molecule has 1 saturated carbocycles. The van der Waals surface area contributed by atoms with Gasteiger partial charge < -0.3 is 0 Å². The number of carbonyl (C=O) groups excluding carboxylic acids is 5. The topological polar surface area (TPSA) is 88.6 Å². The molecule has 2 aromatic rings. The molecule has 0 radical (unpaired) electrons. The minimum atomic E-state index is -0.873. The summed E-state index contributed by atoms with van der Waals surface area (Å²) in [4.78, 5) is 62.7. The molecule has 1 unspecified atom stereocenters. The quantitative estimate of drug-likeness (QED) is 0.435. The average Bonchev–Trinajstić information content (AvgIpc) is 2.97. The molecule has 1 aliphatic carbocycles. The molecule has 4 rings (SSSR count). The SMILES string of the molecule is Cc1ccc(C(=O)CCc2ccc3c(c2)C(=O)N(C2CCC(=O)CC2=O)C3=O)cc1. The second-order valence-corrected chi connectivity index (χ2v) is 7.89. The van der Waals surface area contributed by atoms with E-state index in [2.05, 4.69) is 0 Å². The number of rotatable bonds is 5. The molecule has 0 saturated heterocycles. The molecule has 30 heavy (non-hydrogen) atoms. The van der Waals surface area contributed by atoms with Crippen LogP contribution < -0.4 is 0 Å². The predicted molar refractivity (Wildman–Crippen MR) is 108 cm³/mol. The van der Waals surface area contributed by atoms with E-state index in [-0.39, 0.29) is 54.2 Å².